The normalized spacial score (nSPS) is 11.6. The zero-order chi connectivity index (χ0) is 11.9. The van der Waals surface area contributed by atoms with E-state index in [1.165, 1.54) is 0 Å². The highest BCUT2D eigenvalue weighted by Crippen LogP contribution is 2.49. The average molecular weight is 245 g/mol. The van der Waals surface area contributed by atoms with Gasteiger partial charge in [0.05, 0.1) is 19.8 Å². The SMILES string of the molecule is CCOP(=O)(OCC)OCc1ccncc1. The monoisotopic (exact) mass is 245 g/mol. The number of hydrogen-bond donors (Lipinski definition) is 0. The maximum atomic E-state index is 11.9. The molecule has 0 saturated carbocycles. The van der Waals surface area contributed by atoms with Crippen LogP contribution in [0.5, 0.6) is 0 Å². The lowest BCUT2D eigenvalue weighted by Gasteiger charge is -2.16. The van der Waals surface area contributed by atoms with Crippen molar-refractivity contribution in [2.24, 2.45) is 0 Å². The lowest BCUT2D eigenvalue weighted by atomic mass is 10.3. The fraction of sp³-hybridized carbons (Fsp3) is 0.500. The van der Waals surface area contributed by atoms with Gasteiger partial charge in [-0.1, -0.05) is 0 Å². The van der Waals surface area contributed by atoms with Crippen LogP contribution < -0.4 is 0 Å². The van der Waals surface area contributed by atoms with Gasteiger partial charge in [-0.15, -0.1) is 0 Å². The first-order valence-electron chi connectivity index (χ1n) is 5.12. The Hall–Kier alpha value is -0.740. The van der Waals surface area contributed by atoms with Gasteiger partial charge in [0, 0.05) is 12.4 Å². The van der Waals surface area contributed by atoms with Crippen molar-refractivity contribution in [2.45, 2.75) is 20.5 Å². The van der Waals surface area contributed by atoms with E-state index >= 15 is 0 Å². The van der Waals surface area contributed by atoms with Gasteiger partial charge in [-0.25, -0.2) is 4.57 Å². The zero-order valence-electron chi connectivity index (χ0n) is 9.46. The summed E-state index contributed by atoms with van der Waals surface area (Å²) in [7, 11) is -3.41. The minimum atomic E-state index is -3.41. The number of phosphoric acid groups is 1. The van der Waals surface area contributed by atoms with Crippen LogP contribution in [0, 0.1) is 0 Å². The molecule has 0 fully saturated rings. The average Bonchev–Trinajstić information content (AvgIpc) is 2.29. The second kappa shape index (κ2) is 6.76. The molecule has 0 aliphatic heterocycles. The third-order valence-electron chi connectivity index (χ3n) is 1.71. The molecule has 0 aliphatic carbocycles. The van der Waals surface area contributed by atoms with Gasteiger partial charge in [0.25, 0.3) is 0 Å². The molecule has 0 N–H and O–H groups in total. The molecule has 0 aromatic carbocycles. The van der Waals surface area contributed by atoms with Gasteiger partial charge >= 0.3 is 7.82 Å². The molecule has 0 atom stereocenters. The predicted octanol–water partition coefficient (Wildman–Crippen LogP) is 2.78. The Morgan fingerprint density at radius 3 is 2.19 bits per heavy atom. The molecule has 1 heterocycles. The third kappa shape index (κ3) is 4.41. The van der Waals surface area contributed by atoms with Crippen LogP contribution in [0.1, 0.15) is 19.4 Å². The van der Waals surface area contributed by atoms with Crippen molar-refractivity contribution < 1.29 is 18.1 Å². The number of aromatic nitrogens is 1. The summed E-state index contributed by atoms with van der Waals surface area (Å²) in [5, 5.41) is 0. The fourth-order valence-corrected chi connectivity index (χ4v) is 2.22. The van der Waals surface area contributed by atoms with Crippen LogP contribution in [0.15, 0.2) is 24.5 Å². The van der Waals surface area contributed by atoms with Crippen molar-refractivity contribution in [2.75, 3.05) is 13.2 Å². The molecule has 5 nitrogen and oxygen atoms in total. The van der Waals surface area contributed by atoms with Crippen molar-refractivity contribution in [3.8, 4) is 0 Å². The van der Waals surface area contributed by atoms with Gasteiger partial charge in [0.2, 0.25) is 0 Å². The van der Waals surface area contributed by atoms with Gasteiger partial charge in [0.15, 0.2) is 0 Å². The van der Waals surface area contributed by atoms with Gasteiger partial charge in [-0.05, 0) is 31.5 Å². The second-order valence-electron chi connectivity index (χ2n) is 2.91. The topological polar surface area (TPSA) is 57.7 Å². The summed E-state index contributed by atoms with van der Waals surface area (Å²) in [5.41, 5.74) is 0.870. The summed E-state index contributed by atoms with van der Waals surface area (Å²) in [6.07, 6.45) is 3.29. The van der Waals surface area contributed by atoms with E-state index in [1.54, 1.807) is 38.4 Å². The molecule has 0 saturated heterocycles. The summed E-state index contributed by atoms with van der Waals surface area (Å²) in [6, 6.07) is 3.56. The third-order valence-corrected chi connectivity index (χ3v) is 3.31. The molecular weight excluding hydrogens is 229 g/mol. The van der Waals surface area contributed by atoms with E-state index in [-0.39, 0.29) is 19.8 Å². The molecule has 0 bridgehead atoms. The van der Waals surface area contributed by atoms with Gasteiger partial charge < -0.3 is 0 Å². The first-order valence-corrected chi connectivity index (χ1v) is 6.59. The molecule has 1 aromatic heterocycles. The van der Waals surface area contributed by atoms with E-state index in [4.69, 9.17) is 13.6 Å². The van der Waals surface area contributed by atoms with E-state index in [2.05, 4.69) is 4.98 Å². The maximum absolute atomic E-state index is 11.9. The molecule has 16 heavy (non-hydrogen) atoms. The first-order chi connectivity index (χ1) is 7.70. The Bertz CT molecular complexity index is 334. The summed E-state index contributed by atoms with van der Waals surface area (Å²) >= 11 is 0. The summed E-state index contributed by atoms with van der Waals surface area (Å²) in [5.74, 6) is 0. The van der Waals surface area contributed by atoms with E-state index in [9.17, 15) is 4.57 Å². The van der Waals surface area contributed by atoms with Crippen LogP contribution in [0.4, 0.5) is 0 Å². The van der Waals surface area contributed by atoms with Gasteiger partial charge in [0.1, 0.15) is 0 Å². The Balaban J connectivity index is 2.53. The van der Waals surface area contributed by atoms with Gasteiger partial charge in [-0.2, -0.15) is 0 Å². The lowest BCUT2D eigenvalue weighted by Crippen LogP contribution is -2.00. The minimum Gasteiger partial charge on any atom is -0.287 e. The molecule has 0 amide bonds. The van der Waals surface area contributed by atoms with Crippen LogP contribution in [0.25, 0.3) is 0 Å². The molecule has 0 aliphatic rings. The van der Waals surface area contributed by atoms with Crippen LogP contribution in [0.2, 0.25) is 0 Å². The molecular formula is C10H16NO4P. The van der Waals surface area contributed by atoms with Crippen molar-refractivity contribution >= 4 is 7.82 Å². The minimum absolute atomic E-state index is 0.180. The van der Waals surface area contributed by atoms with Gasteiger partial charge in [-0.3, -0.25) is 18.6 Å². The summed E-state index contributed by atoms with van der Waals surface area (Å²) < 4.78 is 27.1. The molecule has 0 spiro atoms. The predicted molar refractivity (Wildman–Crippen MR) is 59.9 cm³/mol. The first kappa shape index (κ1) is 13.3. The molecule has 0 unspecified atom stereocenters. The van der Waals surface area contributed by atoms with Crippen molar-refractivity contribution in [1.82, 2.24) is 4.98 Å². The Kier molecular flexibility index (Phi) is 5.63. The van der Waals surface area contributed by atoms with Crippen LogP contribution in [-0.2, 0) is 24.7 Å². The molecule has 1 aromatic rings. The lowest BCUT2D eigenvalue weighted by molar-refractivity contribution is 0.116. The molecule has 90 valence electrons. The van der Waals surface area contributed by atoms with E-state index in [0.29, 0.717) is 0 Å². The quantitative estimate of drug-likeness (QED) is 0.691. The highest BCUT2D eigenvalue weighted by Gasteiger charge is 2.25. The number of phosphoric ester groups is 1. The second-order valence-corrected chi connectivity index (χ2v) is 4.58. The number of nitrogens with zero attached hydrogens (tertiary/aromatic N) is 1. The fourth-order valence-electron chi connectivity index (χ4n) is 1.06. The smallest absolute Gasteiger partial charge is 0.287 e. The Morgan fingerprint density at radius 1 is 1.12 bits per heavy atom. The van der Waals surface area contributed by atoms with Crippen molar-refractivity contribution in [3.63, 3.8) is 0 Å². The highest BCUT2D eigenvalue weighted by molar-refractivity contribution is 7.48. The standard InChI is InChI=1S/C10H16NO4P/c1-3-13-16(12,14-4-2)15-9-10-5-7-11-8-6-10/h5-8H,3-4,9H2,1-2H3. The maximum Gasteiger partial charge on any atom is 0.475 e. The van der Waals surface area contributed by atoms with E-state index < -0.39 is 7.82 Å². The molecule has 1 rings (SSSR count). The molecule has 6 heteroatoms. The van der Waals surface area contributed by atoms with Crippen LogP contribution in [-0.4, -0.2) is 18.2 Å². The Labute approximate surface area is 95.4 Å². The van der Waals surface area contributed by atoms with Crippen molar-refractivity contribution in [1.29, 1.82) is 0 Å². The summed E-state index contributed by atoms with van der Waals surface area (Å²) in [6.45, 7) is 4.23. The number of rotatable bonds is 7. The van der Waals surface area contributed by atoms with Crippen LogP contribution >= 0.6 is 7.82 Å². The summed E-state index contributed by atoms with van der Waals surface area (Å²) in [4.78, 5) is 3.88. The van der Waals surface area contributed by atoms with E-state index in [0.717, 1.165) is 5.56 Å². The van der Waals surface area contributed by atoms with Crippen molar-refractivity contribution in [3.05, 3.63) is 30.1 Å². The highest BCUT2D eigenvalue weighted by atomic mass is 31.2. The number of hydrogen-bond acceptors (Lipinski definition) is 5. The molecule has 0 radical (unpaired) electrons. The zero-order valence-corrected chi connectivity index (χ0v) is 10.4. The van der Waals surface area contributed by atoms with Crippen LogP contribution in [0.3, 0.4) is 0 Å². The largest absolute Gasteiger partial charge is 0.475 e. The Morgan fingerprint density at radius 2 is 1.69 bits per heavy atom. The van der Waals surface area contributed by atoms with E-state index in [1.807, 2.05) is 0 Å². The number of pyridine rings is 1.